The second kappa shape index (κ2) is 9.17. The van der Waals surface area contributed by atoms with Gasteiger partial charge in [-0.25, -0.2) is 9.97 Å². The lowest BCUT2D eigenvalue weighted by molar-refractivity contribution is 0.294. The molecule has 2 heterocycles. The lowest BCUT2D eigenvalue weighted by atomic mass is 10.2. The SMILES string of the molecule is CCCOc1ccc(CNc2nc(-c3ccccn3)nc(C)c2C)cc1OC. The van der Waals surface area contributed by atoms with Crippen molar-refractivity contribution in [2.75, 3.05) is 19.0 Å². The number of nitrogens with one attached hydrogen (secondary N) is 1. The largest absolute Gasteiger partial charge is 0.493 e. The van der Waals surface area contributed by atoms with Gasteiger partial charge in [-0.1, -0.05) is 19.1 Å². The molecule has 1 aromatic carbocycles. The summed E-state index contributed by atoms with van der Waals surface area (Å²) >= 11 is 0. The number of methoxy groups -OCH3 is 1. The second-order valence-electron chi connectivity index (χ2n) is 6.51. The highest BCUT2D eigenvalue weighted by atomic mass is 16.5. The maximum Gasteiger partial charge on any atom is 0.180 e. The van der Waals surface area contributed by atoms with Crippen LogP contribution in [0.5, 0.6) is 11.5 Å². The average molecular weight is 378 g/mol. The third kappa shape index (κ3) is 4.57. The third-order valence-electron chi connectivity index (χ3n) is 4.43. The quantitative estimate of drug-likeness (QED) is 0.619. The summed E-state index contributed by atoms with van der Waals surface area (Å²) in [6, 6.07) is 11.7. The molecule has 146 valence electrons. The molecule has 0 saturated heterocycles. The number of hydrogen-bond donors (Lipinski definition) is 1. The maximum absolute atomic E-state index is 5.72. The highest BCUT2D eigenvalue weighted by molar-refractivity contribution is 5.56. The van der Waals surface area contributed by atoms with Crippen molar-refractivity contribution in [1.82, 2.24) is 15.0 Å². The van der Waals surface area contributed by atoms with Gasteiger partial charge in [0, 0.05) is 24.0 Å². The Morgan fingerprint density at radius 3 is 2.61 bits per heavy atom. The molecule has 28 heavy (non-hydrogen) atoms. The molecule has 6 nitrogen and oxygen atoms in total. The first-order valence-corrected chi connectivity index (χ1v) is 9.42. The fourth-order valence-corrected chi connectivity index (χ4v) is 2.75. The van der Waals surface area contributed by atoms with E-state index in [4.69, 9.17) is 9.47 Å². The summed E-state index contributed by atoms with van der Waals surface area (Å²) in [4.78, 5) is 13.6. The fourth-order valence-electron chi connectivity index (χ4n) is 2.75. The van der Waals surface area contributed by atoms with Crippen molar-refractivity contribution in [2.45, 2.75) is 33.7 Å². The summed E-state index contributed by atoms with van der Waals surface area (Å²) in [5.74, 6) is 2.92. The van der Waals surface area contributed by atoms with Gasteiger partial charge in [0.15, 0.2) is 17.3 Å². The minimum atomic E-state index is 0.614. The first kappa shape index (κ1) is 19.6. The molecule has 0 radical (unpaired) electrons. The predicted octanol–water partition coefficient (Wildman–Crippen LogP) is 4.56. The number of pyridine rings is 1. The monoisotopic (exact) mass is 378 g/mol. The molecule has 0 spiro atoms. The highest BCUT2D eigenvalue weighted by Gasteiger charge is 2.11. The van der Waals surface area contributed by atoms with Crippen LogP contribution in [0.25, 0.3) is 11.5 Å². The van der Waals surface area contributed by atoms with Crippen LogP contribution in [0.1, 0.15) is 30.2 Å². The minimum Gasteiger partial charge on any atom is -0.493 e. The Hall–Kier alpha value is -3.15. The van der Waals surface area contributed by atoms with Crippen LogP contribution in [0, 0.1) is 13.8 Å². The van der Waals surface area contributed by atoms with Gasteiger partial charge in [-0.15, -0.1) is 0 Å². The van der Waals surface area contributed by atoms with Crippen LogP contribution in [0.15, 0.2) is 42.6 Å². The summed E-state index contributed by atoms with van der Waals surface area (Å²) in [6.07, 6.45) is 2.70. The van der Waals surface area contributed by atoms with Crippen molar-refractivity contribution in [3.63, 3.8) is 0 Å². The first-order valence-electron chi connectivity index (χ1n) is 9.42. The zero-order valence-corrected chi connectivity index (χ0v) is 16.8. The van der Waals surface area contributed by atoms with E-state index in [-0.39, 0.29) is 0 Å². The molecule has 0 aliphatic carbocycles. The van der Waals surface area contributed by atoms with Gasteiger partial charge < -0.3 is 14.8 Å². The van der Waals surface area contributed by atoms with Crippen LogP contribution in [0.4, 0.5) is 5.82 Å². The average Bonchev–Trinajstić information content (AvgIpc) is 2.74. The highest BCUT2D eigenvalue weighted by Crippen LogP contribution is 2.29. The zero-order valence-electron chi connectivity index (χ0n) is 16.8. The summed E-state index contributed by atoms with van der Waals surface area (Å²) < 4.78 is 11.2. The van der Waals surface area contributed by atoms with Crippen molar-refractivity contribution < 1.29 is 9.47 Å². The van der Waals surface area contributed by atoms with Crippen LogP contribution in [0.3, 0.4) is 0 Å². The molecular weight excluding hydrogens is 352 g/mol. The first-order chi connectivity index (χ1) is 13.6. The van der Waals surface area contributed by atoms with Crippen LogP contribution >= 0.6 is 0 Å². The molecule has 2 aromatic heterocycles. The number of nitrogens with zero attached hydrogens (tertiary/aromatic N) is 3. The summed E-state index contributed by atoms with van der Waals surface area (Å²) in [7, 11) is 1.66. The summed E-state index contributed by atoms with van der Waals surface area (Å²) in [6.45, 7) is 7.36. The molecule has 0 aliphatic rings. The van der Waals surface area contributed by atoms with Gasteiger partial charge in [0.2, 0.25) is 0 Å². The molecular formula is C22H26N4O2. The van der Waals surface area contributed by atoms with Crippen LogP contribution in [-0.4, -0.2) is 28.7 Å². The van der Waals surface area contributed by atoms with E-state index in [0.717, 1.165) is 46.3 Å². The number of rotatable bonds is 8. The molecule has 1 N–H and O–H groups in total. The van der Waals surface area contributed by atoms with Gasteiger partial charge in [0.05, 0.1) is 13.7 Å². The summed E-state index contributed by atoms with van der Waals surface area (Å²) in [5, 5.41) is 3.42. The minimum absolute atomic E-state index is 0.614. The number of benzene rings is 1. The van der Waals surface area contributed by atoms with Gasteiger partial charge in [-0.05, 0) is 50.1 Å². The molecule has 3 aromatic rings. The van der Waals surface area contributed by atoms with Crippen LogP contribution in [0.2, 0.25) is 0 Å². The molecule has 0 bridgehead atoms. The molecule has 0 aliphatic heterocycles. The molecule has 3 rings (SSSR count). The Bertz CT molecular complexity index is 929. The Morgan fingerprint density at radius 2 is 1.89 bits per heavy atom. The van der Waals surface area contributed by atoms with E-state index in [9.17, 15) is 0 Å². The van der Waals surface area contributed by atoms with E-state index in [2.05, 4.69) is 27.2 Å². The molecule has 0 unspecified atom stereocenters. The van der Waals surface area contributed by atoms with Gasteiger partial charge in [-0.2, -0.15) is 0 Å². The van der Waals surface area contributed by atoms with E-state index in [1.54, 1.807) is 13.3 Å². The van der Waals surface area contributed by atoms with Crippen molar-refractivity contribution in [3.05, 3.63) is 59.4 Å². The molecule has 0 fully saturated rings. The molecule has 0 amide bonds. The van der Waals surface area contributed by atoms with E-state index in [0.29, 0.717) is 19.0 Å². The predicted molar refractivity (Wildman–Crippen MR) is 111 cm³/mol. The van der Waals surface area contributed by atoms with Crippen molar-refractivity contribution in [2.24, 2.45) is 0 Å². The van der Waals surface area contributed by atoms with E-state index < -0.39 is 0 Å². The lowest BCUT2D eigenvalue weighted by Gasteiger charge is -2.14. The van der Waals surface area contributed by atoms with Crippen molar-refractivity contribution in [3.8, 4) is 23.0 Å². The smallest absolute Gasteiger partial charge is 0.180 e. The number of ether oxygens (including phenoxy) is 2. The molecule has 0 atom stereocenters. The standard InChI is InChI=1S/C22H26N4O2/c1-5-12-28-19-10-9-17(13-20(19)27-4)14-24-21-15(2)16(3)25-22(26-21)18-8-6-7-11-23-18/h6-11,13H,5,12,14H2,1-4H3,(H,24,25,26). The second-order valence-corrected chi connectivity index (χ2v) is 6.51. The topological polar surface area (TPSA) is 69.2 Å². The zero-order chi connectivity index (χ0) is 19.9. The maximum atomic E-state index is 5.72. The normalized spacial score (nSPS) is 10.6. The van der Waals surface area contributed by atoms with Gasteiger partial charge >= 0.3 is 0 Å². The Morgan fingerprint density at radius 1 is 1.04 bits per heavy atom. The van der Waals surface area contributed by atoms with Gasteiger partial charge in [0.1, 0.15) is 11.5 Å². The third-order valence-corrected chi connectivity index (χ3v) is 4.43. The van der Waals surface area contributed by atoms with Crippen molar-refractivity contribution in [1.29, 1.82) is 0 Å². The van der Waals surface area contributed by atoms with Gasteiger partial charge in [-0.3, -0.25) is 4.98 Å². The lowest BCUT2D eigenvalue weighted by Crippen LogP contribution is -2.08. The molecule has 0 saturated carbocycles. The van der Waals surface area contributed by atoms with Crippen LogP contribution < -0.4 is 14.8 Å². The Labute approximate surface area is 166 Å². The number of aromatic nitrogens is 3. The van der Waals surface area contributed by atoms with E-state index >= 15 is 0 Å². The van der Waals surface area contributed by atoms with Gasteiger partial charge in [0.25, 0.3) is 0 Å². The number of anilines is 1. The van der Waals surface area contributed by atoms with E-state index in [1.165, 1.54) is 0 Å². The Balaban J connectivity index is 1.80. The van der Waals surface area contributed by atoms with Crippen molar-refractivity contribution >= 4 is 5.82 Å². The summed E-state index contributed by atoms with van der Waals surface area (Å²) in [5.41, 5.74) is 3.79. The molecule has 6 heteroatoms. The number of hydrogen-bond acceptors (Lipinski definition) is 6. The van der Waals surface area contributed by atoms with E-state index in [1.807, 2.05) is 50.2 Å². The number of aryl methyl sites for hydroxylation is 1. The Kier molecular flexibility index (Phi) is 6.42. The van der Waals surface area contributed by atoms with Crippen LogP contribution in [-0.2, 0) is 6.54 Å². The fraction of sp³-hybridized carbons (Fsp3) is 0.318.